The highest BCUT2D eigenvalue weighted by molar-refractivity contribution is 9.10. The van der Waals surface area contributed by atoms with E-state index < -0.39 is 0 Å². The number of hydrogen-bond acceptors (Lipinski definition) is 2. The maximum atomic E-state index is 5.95. The Labute approximate surface area is 107 Å². The summed E-state index contributed by atoms with van der Waals surface area (Å²) in [6, 6.07) is 6.09. The molecule has 0 atom stereocenters. The first-order valence-corrected chi connectivity index (χ1v) is 6.01. The average Bonchev–Trinajstić information content (AvgIpc) is 2.84. The van der Waals surface area contributed by atoms with E-state index in [9.17, 15) is 0 Å². The molecular formula is C12H11BrN4. The summed E-state index contributed by atoms with van der Waals surface area (Å²) in [7, 11) is 1.89. The minimum atomic E-state index is 0.688. The zero-order valence-electron chi connectivity index (χ0n) is 9.24. The number of aromatic amines is 1. The third-order valence-corrected chi connectivity index (χ3v) is 3.55. The van der Waals surface area contributed by atoms with Crippen molar-refractivity contribution in [2.45, 2.75) is 0 Å². The van der Waals surface area contributed by atoms with Crippen LogP contribution in [0.2, 0.25) is 0 Å². The van der Waals surface area contributed by atoms with Crippen molar-refractivity contribution in [1.82, 2.24) is 14.8 Å². The Morgan fingerprint density at radius 2 is 2.24 bits per heavy atom. The molecule has 0 saturated carbocycles. The molecule has 2 aromatic heterocycles. The molecule has 4 nitrogen and oxygen atoms in total. The largest absolute Gasteiger partial charge is 0.396 e. The van der Waals surface area contributed by atoms with Crippen LogP contribution in [0.25, 0.3) is 22.2 Å². The number of hydrogen-bond donors (Lipinski definition) is 2. The summed E-state index contributed by atoms with van der Waals surface area (Å²) in [6.45, 7) is 0. The zero-order chi connectivity index (χ0) is 12.0. The van der Waals surface area contributed by atoms with Gasteiger partial charge in [0.25, 0.3) is 0 Å². The lowest BCUT2D eigenvalue weighted by molar-refractivity contribution is 0.776. The molecule has 0 amide bonds. The molecule has 2 heterocycles. The average molecular weight is 291 g/mol. The fraction of sp³-hybridized carbons (Fsp3) is 0.0833. The van der Waals surface area contributed by atoms with Gasteiger partial charge in [-0.15, -0.1) is 0 Å². The van der Waals surface area contributed by atoms with Crippen LogP contribution in [0.15, 0.2) is 35.1 Å². The van der Waals surface area contributed by atoms with E-state index >= 15 is 0 Å². The smallest absolute Gasteiger partial charge is 0.0930 e. The third kappa shape index (κ3) is 1.46. The van der Waals surface area contributed by atoms with E-state index in [1.165, 1.54) is 0 Å². The van der Waals surface area contributed by atoms with Crippen molar-refractivity contribution in [3.05, 3.63) is 35.1 Å². The van der Waals surface area contributed by atoms with Crippen LogP contribution in [0.1, 0.15) is 0 Å². The van der Waals surface area contributed by atoms with Crippen molar-refractivity contribution < 1.29 is 0 Å². The van der Waals surface area contributed by atoms with Gasteiger partial charge < -0.3 is 10.7 Å². The van der Waals surface area contributed by atoms with E-state index in [2.05, 4.69) is 32.1 Å². The van der Waals surface area contributed by atoms with Gasteiger partial charge in [-0.1, -0.05) is 12.1 Å². The van der Waals surface area contributed by atoms with Crippen molar-refractivity contribution in [2.24, 2.45) is 7.05 Å². The van der Waals surface area contributed by atoms with Crippen molar-refractivity contribution in [3.8, 4) is 11.3 Å². The zero-order valence-corrected chi connectivity index (χ0v) is 10.8. The number of nitrogens with zero attached hydrogens (tertiary/aromatic N) is 2. The third-order valence-electron chi connectivity index (χ3n) is 2.89. The van der Waals surface area contributed by atoms with Crippen LogP contribution in [0.4, 0.5) is 5.69 Å². The fourth-order valence-corrected chi connectivity index (χ4v) is 2.58. The number of anilines is 1. The van der Waals surface area contributed by atoms with Gasteiger partial charge in [-0.2, -0.15) is 5.10 Å². The molecule has 3 aromatic rings. The van der Waals surface area contributed by atoms with E-state index in [1.807, 2.05) is 25.4 Å². The summed E-state index contributed by atoms with van der Waals surface area (Å²) in [5.74, 6) is 0. The highest BCUT2D eigenvalue weighted by atomic mass is 79.9. The molecule has 86 valence electrons. The van der Waals surface area contributed by atoms with Gasteiger partial charge in [-0.05, 0) is 22.0 Å². The summed E-state index contributed by atoms with van der Waals surface area (Å²) in [6.07, 6.45) is 3.63. The van der Waals surface area contributed by atoms with Crippen LogP contribution >= 0.6 is 15.9 Å². The lowest BCUT2D eigenvalue weighted by Crippen LogP contribution is -1.95. The molecule has 0 aliphatic rings. The molecule has 0 unspecified atom stereocenters. The molecule has 1 aromatic carbocycles. The predicted molar refractivity (Wildman–Crippen MR) is 72.6 cm³/mol. The number of nitrogens with one attached hydrogen (secondary N) is 1. The van der Waals surface area contributed by atoms with Gasteiger partial charge >= 0.3 is 0 Å². The van der Waals surface area contributed by atoms with Gasteiger partial charge in [0.05, 0.1) is 23.1 Å². The molecule has 0 fully saturated rings. The normalized spacial score (nSPS) is 11.2. The highest BCUT2D eigenvalue weighted by Gasteiger charge is 2.13. The number of halogens is 1. The molecular weight excluding hydrogens is 280 g/mol. The molecule has 0 spiro atoms. The Hall–Kier alpha value is -1.75. The quantitative estimate of drug-likeness (QED) is 0.724. The Kier molecular flexibility index (Phi) is 2.22. The van der Waals surface area contributed by atoms with E-state index in [4.69, 9.17) is 5.73 Å². The summed E-state index contributed by atoms with van der Waals surface area (Å²) in [5.41, 5.74) is 9.72. The van der Waals surface area contributed by atoms with Crippen LogP contribution in [0.3, 0.4) is 0 Å². The molecule has 3 N–H and O–H groups in total. The Bertz CT molecular complexity index is 676. The highest BCUT2D eigenvalue weighted by Crippen LogP contribution is 2.34. The van der Waals surface area contributed by atoms with E-state index in [-0.39, 0.29) is 0 Å². The van der Waals surface area contributed by atoms with Crippen molar-refractivity contribution in [1.29, 1.82) is 0 Å². The molecule has 0 aliphatic heterocycles. The van der Waals surface area contributed by atoms with Crippen molar-refractivity contribution in [2.75, 3.05) is 5.73 Å². The Morgan fingerprint density at radius 3 is 2.94 bits per heavy atom. The first-order valence-electron chi connectivity index (χ1n) is 5.22. The second kappa shape index (κ2) is 3.63. The first kappa shape index (κ1) is 10.4. The van der Waals surface area contributed by atoms with Gasteiger partial charge in [-0.3, -0.25) is 4.68 Å². The molecule has 17 heavy (non-hydrogen) atoms. The molecule has 0 saturated heterocycles. The summed E-state index contributed by atoms with van der Waals surface area (Å²) < 4.78 is 2.83. The lowest BCUT2D eigenvalue weighted by Gasteiger charge is -2.02. The number of fused-ring (bicyclic) bond motifs is 1. The summed E-state index contributed by atoms with van der Waals surface area (Å²) in [4.78, 5) is 3.26. The fourth-order valence-electron chi connectivity index (χ4n) is 2.10. The maximum absolute atomic E-state index is 5.95. The van der Waals surface area contributed by atoms with Crippen LogP contribution in [0.5, 0.6) is 0 Å². The number of nitrogen functional groups attached to an aromatic ring is 1. The maximum Gasteiger partial charge on any atom is 0.0930 e. The van der Waals surface area contributed by atoms with E-state index in [1.54, 1.807) is 10.9 Å². The van der Waals surface area contributed by atoms with Crippen LogP contribution < -0.4 is 5.73 Å². The van der Waals surface area contributed by atoms with E-state index in [0.717, 1.165) is 26.6 Å². The summed E-state index contributed by atoms with van der Waals surface area (Å²) in [5, 5.41) is 5.30. The molecule has 5 heteroatoms. The lowest BCUT2D eigenvalue weighted by atomic mass is 10.1. The number of benzene rings is 1. The van der Waals surface area contributed by atoms with Gasteiger partial charge in [0, 0.05) is 28.7 Å². The Morgan fingerprint density at radius 1 is 1.41 bits per heavy atom. The van der Waals surface area contributed by atoms with Crippen LogP contribution in [-0.4, -0.2) is 14.8 Å². The summed E-state index contributed by atoms with van der Waals surface area (Å²) >= 11 is 3.53. The van der Waals surface area contributed by atoms with Gasteiger partial charge in [0.2, 0.25) is 0 Å². The minimum Gasteiger partial charge on any atom is -0.396 e. The van der Waals surface area contributed by atoms with Gasteiger partial charge in [-0.25, -0.2) is 0 Å². The molecule has 3 rings (SSSR count). The number of aryl methyl sites for hydroxylation is 1. The number of rotatable bonds is 1. The Balaban J connectivity index is 2.36. The number of aromatic nitrogens is 3. The number of para-hydroxylation sites is 1. The monoisotopic (exact) mass is 290 g/mol. The van der Waals surface area contributed by atoms with E-state index in [0.29, 0.717) is 5.69 Å². The van der Waals surface area contributed by atoms with Crippen molar-refractivity contribution in [3.63, 3.8) is 0 Å². The molecule has 0 radical (unpaired) electrons. The first-order chi connectivity index (χ1) is 8.18. The molecule has 0 bridgehead atoms. The predicted octanol–water partition coefficient (Wildman–Crippen LogP) is 2.91. The SMILES string of the molecule is Cn1ncc(N)c1-c1c[nH]c2c(Br)cccc12. The molecule has 0 aliphatic carbocycles. The van der Waals surface area contributed by atoms with Gasteiger partial charge in [0.15, 0.2) is 0 Å². The second-order valence-electron chi connectivity index (χ2n) is 3.94. The number of nitrogens with two attached hydrogens (primary N) is 1. The van der Waals surface area contributed by atoms with Crippen LogP contribution in [0, 0.1) is 0 Å². The minimum absolute atomic E-state index is 0.688. The topological polar surface area (TPSA) is 59.6 Å². The number of H-pyrrole nitrogens is 1. The van der Waals surface area contributed by atoms with Crippen LogP contribution in [-0.2, 0) is 7.05 Å². The second-order valence-corrected chi connectivity index (χ2v) is 4.79. The standard InChI is InChI=1S/C12H11BrN4/c1-17-12(10(14)6-16-17)8-5-15-11-7(8)3-2-4-9(11)13/h2-6,15H,14H2,1H3. The van der Waals surface area contributed by atoms with Crippen molar-refractivity contribution >= 4 is 32.5 Å². The van der Waals surface area contributed by atoms with Gasteiger partial charge in [0.1, 0.15) is 0 Å².